The number of alkyl halides is 1. The standard InChI is InChI=1S/C18H19FN4O/c1-12-4-2-3-5-15(12)13-8-16-17(20-9-13)21-18(24)23(16)7-6-22-10-14(19)11-22/h2-5,8-9,14H,6-7,10-11H2,1H3,(H,20,21,24). The highest BCUT2D eigenvalue weighted by molar-refractivity contribution is 5.79. The van der Waals surface area contributed by atoms with Gasteiger partial charge in [0.15, 0.2) is 5.65 Å². The maximum atomic E-state index is 12.9. The van der Waals surface area contributed by atoms with Crippen molar-refractivity contribution in [3.63, 3.8) is 0 Å². The second kappa shape index (κ2) is 5.87. The molecule has 1 saturated heterocycles. The van der Waals surface area contributed by atoms with Crippen molar-refractivity contribution in [3.05, 3.63) is 52.6 Å². The molecule has 6 heteroatoms. The van der Waals surface area contributed by atoms with Crippen molar-refractivity contribution in [2.45, 2.75) is 19.6 Å². The SMILES string of the molecule is Cc1ccccc1-c1cnc2[nH]c(=O)n(CCN3CC(F)C3)c2c1. The van der Waals surface area contributed by atoms with Crippen LogP contribution in [0.5, 0.6) is 0 Å². The van der Waals surface area contributed by atoms with E-state index in [0.717, 1.165) is 22.2 Å². The van der Waals surface area contributed by atoms with E-state index in [1.807, 2.05) is 23.1 Å². The zero-order valence-electron chi connectivity index (χ0n) is 13.5. The van der Waals surface area contributed by atoms with E-state index >= 15 is 0 Å². The van der Waals surface area contributed by atoms with Gasteiger partial charge in [0.25, 0.3) is 0 Å². The van der Waals surface area contributed by atoms with Gasteiger partial charge in [0.05, 0.1) is 5.52 Å². The number of halogens is 1. The van der Waals surface area contributed by atoms with Crippen LogP contribution in [-0.2, 0) is 6.54 Å². The molecular weight excluding hydrogens is 307 g/mol. The van der Waals surface area contributed by atoms with Crippen LogP contribution in [0.4, 0.5) is 4.39 Å². The fraction of sp³-hybridized carbons (Fsp3) is 0.333. The Morgan fingerprint density at radius 3 is 2.83 bits per heavy atom. The Labute approximate surface area is 138 Å². The van der Waals surface area contributed by atoms with Gasteiger partial charge in [-0.25, -0.2) is 14.2 Å². The van der Waals surface area contributed by atoms with E-state index < -0.39 is 6.17 Å². The summed E-state index contributed by atoms with van der Waals surface area (Å²) in [6.07, 6.45) is 1.06. The largest absolute Gasteiger partial charge is 0.327 e. The number of nitrogens with zero attached hydrogens (tertiary/aromatic N) is 3. The van der Waals surface area contributed by atoms with Crippen molar-refractivity contribution in [2.75, 3.05) is 19.6 Å². The van der Waals surface area contributed by atoms with Crippen molar-refractivity contribution in [2.24, 2.45) is 0 Å². The Kier molecular flexibility index (Phi) is 3.69. The molecule has 0 unspecified atom stereocenters. The van der Waals surface area contributed by atoms with Crippen LogP contribution < -0.4 is 5.69 Å². The first-order valence-electron chi connectivity index (χ1n) is 8.13. The van der Waals surface area contributed by atoms with Gasteiger partial charge in [0.1, 0.15) is 6.17 Å². The topological polar surface area (TPSA) is 53.9 Å². The van der Waals surface area contributed by atoms with E-state index in [4.69, 9.17) is 0 Å². The van der Waals surface area contributed by atoms with Gasteiger partial charge >= 0.3 is 5.69 Å². The first-order valence-corrected chi connectivity index (χ1v) is 8.13. The Morgan fingerprint density at radius 1 is 1.29 bits per heavy atom. The number of hydrogen-bond donors (Lipinski definition) is 1. The highest BCUT2D eigenvalue weighted by Gasteiger charge is 2.25. The Morgan fingerprint density at radius 2 is 2.08 bits per heavy atom. The lowest BCUT2D eigenvalue weighted by molar-refractivity contribution is 0.0629. The van der Waals surface area contributed by atoms with Crippen molar-refractivity contribution in [1.29, 1.82) is 0 Å². The molecule has 1 fully saturated rings. The number of rotatable bonds is 4. The first-order chi connectivity index (χ1) is 11.6. The fourth-order valence-electron chi connectivity index (χ4n) is 3.23. The van der Waals surface area contributed by atoms with Gasteiger partial charge in [-0.15, -0.1) is 0 Å². The lowest BCUT2D eigenvalue weighted by atomic mass is 10.0. The molecule has 4 rings (SSSR count). The number of benzene rings is 1. The summed E-state index contributed by atoms with van der Waals surface area (Å²) in [6, 6.07) is 10.1. The monoisotopic (exact) mass is 326 g/mol. The highest BCUT2D eigenvalue weighted by atomic mass is 19.1. The van der Waals surface area contributed by atoms with E-state index in [1.165, 1.54) is 0 Å². The number of aromatic nitrogens is 3. The number of aromatic amines is 1. The fourth-order valence-corrected chi connectivity index (χ4v) is 3.23. The molecule has 3 heterocycles. The Hall–Kier alpha value is -2.47. The van der Waals surface area contributed by atoms with Gasteiger partial charge < -0.3 is 0 Å². The minimum Gasteiger partial charge on any atom is -0.296 e. The third-order valence-corrected chi connectivity index (χ3v) is 4.64. The van der Waals surface area contributed by atoms with Crippen molar-refractivity contribution >= 4 is 11.2 Å². The maximum absolute atomic E-state index is 12.9. The molecular formula is C18H19FN4O. The number of fused-ring (bicyclic) bond motifs is 1. The molecule has 5 nitrogen and oxygen atoms in total. The van der Waals surface area contributed by atoms with Crippen LogP contribution in [0.1, 0.15) is 5.56 Å². The van der Waals surface area contributed by atoms with Gasteiger partial charge in [-0.1, -0.05) is 24.3 Å². The van der Waals surface area contributed by atoms with Crippen LogP contribution in [0.25, 0.3) is 22.3 Å². The second-order valence-electron chi connectivity index (χ2n) is 6.35. The van der Waals surface area contributed by atoms with E-state index in [0.29, 0.717) is 31.8 Å². The molecule has 0 saturated carbocycles. The molecule has 3 aromatic rings. The lowest BCUT2D eigenvalue weighted by Crippen LogP contribution is -2.49. The molecule has 0 aliphatic carbocycles. The van der Waals surface area contributed by atoms with E-state index in [-0.39, 0.29) is 5.69 Å². The quantitative estimate of drug-likeness (QED) is 0.801. The van der Waals surface area contributed by atoms with Crippen LogP contribution in [0.3, 0.4) is 0 Å². The summed E-state index contributed by atoms with van der Waals surface area (Å²) in [4.78, 5) is 21.4. The summed E-state index contributed by atoms with van der Waals surface area (Å²) in [5.74, 6) is 0. The summed E-state index contributed by atoms with van der Waals surface area (Å²) >= 11 is 0. The molecule has 0 spiro atoms. The first kappa shape index (κ1) is 15.1. The zero-order valence-corrected chi connectivity index (χ0v) is 13.5. The Balaban J connectivity index is 1.69. The third kappa shape index (κ3) is 2.63. The highest BCUT2D eigenvalue weighted by Crippen LogP contribution is 2.24. The summed E-state index contributed by atoms with van der Waals surface area (Å²) < 4.78 is 14.6. The van der Waals surface area contributed by atoms with Gasteiger partial charge in [-0.2, -0.15) is 0 Å². The van der Waals surface area contributed by atoms with Gasteiger partial charge in [0.2, 0.25) is 0 Å². The normalized spacial score (nSPS) is 15.8. The molecule has 2 aromatic heterocycles. The average molecular weight is 326 g/mol. The molecule has 0 amide bonds. The van der Waals surface area contributed by atoms with Crippen molar-refractivity contribution in [3.8, 4) is 11.1 Å². The zero-order chi connectivity index (χ0) is 16.7. The van der Waals surface area contributed by atoms with Crippen LogP contribution in [-0.4, -0.2) is 45.2 Å². The second-order valence-corrected chi connectivity index (χ2v) is 6.35. The molecule has 124 valence electrons. The minimum absolute atomic E-state index is 0.170. The number of pyridine rings is 1. The van der Waals surface area contributed by atoms with Crippen molar-refractivity contribution in [1.82, 2.24) is 19.4 Å². The number of imidazole rings is 1. The van der Waals surface area contributed by atoms with E-state index in [2.05, 4.69) is 29.0 Å². The van der Waals surface area contributed by atoms with Crippen molar-refractivity contribution < 1.29 is 4.39 Å². The molecule has 0 radical (unpaired) electrons. The predicted octanol–water partition coefficient (Wildman–Crippen LogP) is 2.35. The summed E-state index contributed by atoms with van der Waals surface area (Å²) in [7, 11) is 0. The molecule has 0 bridgehead atoms. The number of aryl methyl sites for hydroxylation is 1. The third-order valence-electron chi connectivity index (χ3n) is 4.64. The number of hydrogen-bond acceptors (Lipinski definition) is 3. The molecule has 1 N–H and O–H groups in total. The van der Waals surface area contributed by atoms with Gasteiger partial charge in [-0.3, -0.25) is 14.5 Å². The van der Waals surface area contributed by atoms with Crippen LogP contribution in [0, 0.1) is 6.92 Å². The van der Waals surface area contributed by atoms with E-state index in [1.54, 1.807) is 10.8 Å². The molecule has 0 atom stereocenters. The lowest BCUT2D eigenvalue weighted by Gasteiger charge is -2.34. The van der Waals surface area contributed by atoms with Crippen LogP contribution in [0.2, 0.25) is 0 Å². The Bertz CT molecular complexity index is 940. The van der Waals surface area contributed by atoms with E-state index in [9.17, 15) is 9.18 Å². The number of likely N-dealkylation sites (tertiary alicyclic amines) is 1. The predicted molar refractivity (Wildman–Crippen MR) is 91.9 cm³/mol. The molecule has 24 heavy (non-hydrogen) atoms. The summed E-state index contributed by atoms with van der Waals surface area (Å²) in [5, 5.41) is 0. The summed E-state index contributed by atoms with van der Waals surface area (Å²) in [5.41, 5.74) is 4.47. The number of nitrogens with one attached hydrogen (secondary N) is 1. The number of H-pyrrole nitrogens is 1. The summed E-state index contributed by atoms with van der Waals surface area (Å²) in [6.45, 7) is 4.18. The van der Waals surface area contributed by atoms with Crippen LogP contribution in [0.15, 0.2) is 41.3 Å². The van der Waals surface area contributed by atoms with Gasteiger partial charge in [0, 0.05) is 37.9 Å². The minimum atomic E-state index is -0.723. The van der Waals surface area contributed by atoms with Gasteiger partial charge in [-0.05, 0) is 24.1 Å². The molecule has 1 aromatic carbocycles. The van der Waals surface area contributed by atoms with Crippen LogP contribution >= 0.6 is 0 Å². The average Bonchev–Trinajstić information content (AvgIpc) is 2.85. The smallest absolute Gasteiger partial charge is 0.296 e. The maximum Gasteiger partial charge on any atom is 0.327 e. The molecule has 1 aliphatic rings. The molecule has 1 aliphatic heterocycles.